The highest BCUT2D eigenvalue weighted by Gasteiger charge is 2.26. The number of hydrogen-bond acceptors (Lipinski definition) is 3. The van der Waals surface area contributed by atoms with Crippen LogP contribution < -0.4 is 4.74 Å². The molecule has 0 amide bonds. The van der Waals surface area contributed by atoms with Gasteiger partial charge in [0.2, 0.25) is 0 Å². The summed E-state index contributed by atoms with van der Waals surface area (Å²) in [5.74, 6) is 1.48. The van der Waals surface area contributed by atoms with Gasteiger partial charge in [0.15, 0.2) is 0 Å². The van der Waals surface area contributed by atoms with Crippen LogP contribution in [0, 0.1) is 6.92 Å². The van der Waals surface area contributed by atoms with Crippen molar-refractivity contribution in [3.05, 3.63) is 29.5 Å². The summed E-state index contributed by atoms with van der Waals surface area (Å²) in [6.07, 6.45) is 5.14. The second-order valence-corrected chi connectivity index (χ2v) is 5.86. The third-order valence-electron chi connectivity index (χ3n) is 4.37. The Labute approximate surface area is 126 Å². The Morgan fingerprint density at radius 2 is 2.00 bits per heavy atom. The van der Waals surface area contributed by atoms with E-state index < -0.39 is 0 Å². The van der Waals surface area contributed by atoms with Gasteiger partial charge in [0.1, 0.15) is 11.4 Å². The van der Waals surface area contributed by atoms with E-state index in [0.717, 1.165) is 23.6 Å². The Morgan fingerprint density at radius 1 is 1.24 bits per heavy atom. The van der Waals surface area contributed by atoms with E-state index in [1.54, 1.807) is 7.11 Å². The minimum Gasteiger partial charge on any atom is -0.497 e. The van der Waals surface area contributed by atoms with E-state index in [-0.39, 0.29) is 0 Å². The summed E-state index contributed by atoms with van der Waals surface area (Å²) in [6.45, 7) is 5.10. The molecule has 21 heavy (non-hydrogen) atoms. The van der Waals surface area contributed by atoms with Crippen LogP contribution in [0.15, 0.2) is 18.2 Å². The summed E-state index contributed by atoms with van der Waals surface area (Å²) in [5, 5.41) is 8.84. The lowest BCUT2D eigenvalue weighted by molar-refractivity contribution is 0.414. The average Bonchev–Trinajstić information content (AvgIpc) is 3.14. The number of aromatic nitrogens is 3. The van der Waals surface area contributed by atoms with Crippen molar-refractivity contribution in [2.24, 2.45) is 0 Å². The van der Waals surface area contributed by atoms with E-state index in [9.17, 15) is 0 Å². The van der Waals surface area contributed by atoms with Crippen LogP contribution in [0.3, 0.4) is 0 Å². The number of methoxy groups -OCH3 is 1. The smallest absolute Gasteiger partial charge is 0.119 e. The minimum atomic E-state index is 0.599. The quantitative estimate of drug-likeness (QED) is 0.854. The maximum Gasteiger partial charge on any atom is 0.119 e. The fraction of sp³-hybridized carbons (Fsp3) is 0.529. The minimum absolute atomic E-state index is 0.599. The molecule has 0 spiro atoms. The molecule has 0 unspecified atom stereocenters. The highest BCUT2D eigenvalue weighted by Crippen LogP contribution is 2.39. The highest BCUT2D eigenvalue weighted by atomic mass is 16.5. The molecule has 0 bridgehead atoms. The van der Waals surface area contributed by atoms with Gasteiger partial charge in [-0.1, -0.05) is 18.1 Å². The lowest BCUT2D eigenvalue weighted by Crippen LogP contribution is -2.07. The van der Waals surface area contributed by atoms with Crippen LogP contribution in [0.2, 0.25) is 0 Å². The zero-order valence-electron chi connectivity index (χ0n) is 13.1. The molecule has 1 aliphatic rings. The van der Waals surface area contributed by atoms with Crippen LogP contribution in [0.5, 0.6) is 5.75 Å². The van der Waals surface area contributed by atoms with Gasteiger partial charge in [0.05, 0.1) is 12.8 Å². The number of benzene rings is 1. The first-order valence-corrected chi connectivity index (χ1v) is 7.82. The van der Waals surface area contributed by atoms with Crippen molar-refractivity contribution >= 4 is 0 Å². The van der Waals surface area contributed by atoms with Gasteiger partial charge in [-0.3, -0.25) is 0 Å². The number of hydrogen-bond donors (Lipinski definition) is 0. The van der Waals surface area contributed by atoms with Crippen molar-refractivity contribution in [1.82, 2.24) is 15.0 Å². The molecular weight excluding hydrogens is 262 g/mol. The van der Waals surface area contributed by atoms with E-state index in [1.807, 2.05) is 6.07 Å². The summed E-state index contributed by atoms with van der Waals surface area (Å²) in [4.78, 5) is 0. The van der Waals surface area contributed by atoms with E-state index in [1.165, 1.54) is 36.9 Å². The fourth-order valence-corrected chi connectivity index (χ4v) is 3.37. The molecule has 0 aliphatic heterocycles. The number of aryl methyl sites for hydroxylation is 2. The molecule has 4 nitrogen and oxygen atoms in total. The van der Waals surface area contributed by atoms with Crippen LogP contribution in [0.4, 0.5) is 0 Å². The van der Waals surface area contributed by atoms with Gasteiger partial charge in [-0.15, -0.1) is 5.10 Å². The van der Waals surface area contributed by atoms with Crippen molar-refractivity contribution in [2.45, 2.75) is 52.0 Å². The van der Waals surface area contributed by atoms with E-state index in [2.05, 4.69) is 41.0 Å². The Kier molecular flexibility index (Phi) is 3.95. The second kappa shape index (κ2) is 5.88. The molecular formula is C17H23N3O. The molecule has 1 aromatic heterocycles. The Hall–Kier alpha value is -1.84. The molecule has 4 heteroatoms. The molecule has 1 aromatic carbocycles. The summed E-state index contributed by atoms with van der Waals surface area (Å²) >= 11 is 0. The standard InChI is InChI=1S/C17H23N3O/c1-4-20-17(13-7-5-6-8-13)16(18-19-20)14-9-12(2)10-15(11-14)21-3/h9-11,13H,4-8H2,1-3H3. The van der Waals surface area contributed by atoms with E-state index in [4.69, 9.17) is 4.74 Å². The van der Waals surface area contributed by atoms with Crippen molar-refractivity contribution in [3.63, 3.8) is 0 Å². The van der Waals surface area contributed by atoms with Crippen LogP contribution >= 0.6 is 0 Å². The van der Waals surface area contributed by atoms with Crippen LogP contribution in [0.1, 0.15) is 49.8 Å². The van der Waals surface area contributed by atoms with Gasteiger partial charge < -0.3 is 4.74 Å². The first-order chi connectivity index (χ1) is 10.2. The number of nitrogens with zero attached hydrogens (tertiary/aromatic N) is 3. The molecule has 0 radical (unpaired) electrons. The fourth-order valence-electron chi connectivity index (χ4n) is 3.37. The Balaban J connectivity index is 2.09. The SMILES string of the molecule is CCn1nnc(-c2cc(C)cc(OC)c2)c1C1CCCC1. The highest BCUT2D eigenvalue weighted by molar-refractivity contribution is 5.65. The predicted molar refractivity (Wildman–Crippen MR) is 83.6 cm³/mol. The first kappa shape index (κ1) is 14.1. The van der Waals surface area contributed by atoms with E-state index >= 15 is 0 Å². The predicted octanol–water partition coefficient (Wildman–Crippen LogP) is 3.94. The second-order valence-electron chi connectivity index (χ2n) is 5.86. The third-order valence-corrected chi connectivity index (χ3v) is 4.37. The molecule has 0 saturated heterocycles. The maximum absolute atomic E-state index is 5.40. The van der Waals surface area contributed by atoms with Crippen LogP contribution in [-0.4, -0.2) is 22.1 Å². The van der Waals surface area contributed by atoms with Crippen LogP contribution in [-0.2, 0) is 6.54 Å². The zero-order valence-corrected chi connectivity index (χ0v) is 13.1. The number of rotatable bonds is 4. The molecule has 0 atom stereocenters. The molecule has 1 aliphatic carbocycles. The summed E-state index contributed by atoms with van der Waals surface area (Å²) in [7, 11) is 1.71. The molecule has 1 saturated carbocycles. The summed E-state index contributed by atoms with van der Waals surface area (Å²) < 4.78 is 7.47. The molecule has 1 fully saturated rings. The zero-order chi connectivity index (χ0) is 14.8. The van der Waals surface area contributed by atoms with Crippen molar-refractivity contribution < 1.29 is 4.74 Å². The molecule has 1 heterocycles. The molecule has 0 N–H and O–H groups in total. The summed E-state index contributed by atoms with van der Waals surface area (Å²) in [6, 6.07) is 6.28. The normalized spacial score (nSPS) is 15.6. The summed E-state index contributed by atoms with van der Waals surface area (Å²) in [5.41, 5.74) is 4.65. The van der Waals surface area contributed by atoms with Gasteiger partial charge in [-0.2, -0.15) is 0 Å². The van der Waals surface area contributed by atoms with Crippen LogP contribution in [0.25, 0.3) is 11.3 Å². The topological polar surface area (TPSA) is 39.9 Å². The lowest BCUT2D eigenvalue weighted by Gasteiger charge is -2.13. The van der Waals surface area contributed by atoms with Gasteiger partial charge in [-0.05, 0) is 50.5 Å². The average molecular weight is 285 g/mol. The van der Waals surface area contributed by atoms with Crippen molar-refractivity contribution in [3.8, 4) is 17.0 Å². The Morgan fingerprint density at radius 3 is 2.67 bits per heavy atom. The largest absolute Gasteiger partial charge is 0.497 e. The van der Waals surface area contributed by atoms with Gasteiger partial charge in [-0.25, -0.2) is 4.68 Å². The third kappa shape index (κ3) is 2.67. The van der Waals surface area contributed by atoms with Crippen molar-refractivity contribution in [2.75, 3.05) is 7.11 Å². The molecule has 2 aromatic rings. The van der Waals surface area contributed by atoms with Gasteiger partial charge in [0.25, 0.3) is 0 Å². The lowest BCUT2D eigenvalue weighted by atomic mass is 9.97. The van der Waals surface area contributed by atoms with Crippen molar-refractivity contribution in [1.29, 1.82) is 0 Å². The maximum atomic E-state index is 5.40. The molecule has 112 valence electrons. The Bertz CT molecular complexity index is 627. The first-order valence-electron chi connectivity index (χ1n) is 7.82. The van der Waals surface area contributed by atoms with E-state index in [0.29, 0.717) is 5.92 Å². The van der Waals surface area contributed by atoms with Gasteiger partial charge >= 0.3 is 0 Å². The molecule has 3 rings (SSSR count). The monoisotopic (exact) mass is 285 g/mol. The number of ether oxygens (including phenoxy) is 1. The van der Waals surface area contributed by atoms with Gasteiger partial charge in [0, 0.05) is 18.0 Å².